The monoisotopic (exact) mass is 280 g/mol. The van der Waals surface area contributed by atoms with E-state index < -0.39 is 0 Å². The molecule has 0 saturated carbocycles. The number of para-hydroxylation sites is 1. The summed E-state index contributed by atoms with van der Waals surface area (Å²) in [6.07, 6.45) is 0. The molecule has 0 radical (unpaired) electrons. The van der Waals surface area contributed by atoms with E-state index in [0.717, 1.165) is 36.7 Å². The molecule has 1 aromatic carbocycles. The van der Waals surface area contributed by atoms with Gasteiger partial charge in [0.05, 0.1) is 14.2 Å². The van der Waals surface area contributed by atoms with E-state index in [4.69, 9.17) is 9.47 Å². The van der Waals surface area contributed by atoms with Gasteiger partial charge in [-0.2, -0.15) is 0 Å². The molecule has 1 aromatic rings. The molecule has 0 heterocycles. The van der Waals surface area contributed by atoms with Crippen molar-refractivity contribution in [2.24, 2.45) is 5.41 Å². The van der Waals surface area contributed by atoms with Crippen LogP contribution in [0, 0.1) is 5.41 Å². The first-order valence-electron chi connectivity index (χ1n) is 6.95. The van der Waals surface area contributed by atoms with Gasteiger partial charge in [0, 0.05) is 25.2 Å². The summed E-state index contributed by atoms with van der Waals surface area (Å²) in [4.78, 5) is 2.22. The molecule has 4 heteroatoms. The lowest BCUT2D eigenvalue weighted by Gasteiger charge is -2.28. The van der Waals surface area contributed by atoms with Crippen molar-refractivity contribution in [1.82, 2.24) is 10.2 Å². The summed E-state index contributed by atoms with van der Waals surface area (Å²) in [6, 6.07) is 5.97. The van der Waals surface area contributed by atoms with E-state index in [1.165, 1.54) is 0 Å². The van der Waals surface area contributed by atoms with Crippen LogP contribution < -0.4 is 14.8 Å². The highest BCUT2D eigenvalue weighted by Gasteiger charge is 2.18. The SMILES string of the molecule is COc1cccc(CNCC(C)(C)CN(C)C)c1OC. The van der Waals surface area contributed by atoms with Crippen molar-refractivity contribution in [2.45, 2.75) is 20.4 Å². The Morgan fingerprint density at radius 2 is 1.85 bits per heavy atom. The summed E-state index contributed by atoms with van der Waals surface area (Å²) in [7, 11) is 7.55. The van der Waals surface area contributed by atoms with Gasteiger partial charge in [0.2, 0.25) is 0 Å². The number of methoxy groups -OCH3 is 2. The Morgan fingerprint density at radius 1 is 1.15 bits per heavy atom. The second-order valence-corrected chi connectivity index (χ2v) is 6.16. The molecule has 114 valence electrons. The van der Waals surface area contributed by atoms with Crippen LogP contribution in [0.25, 0.3) is 0 Å². The van der Waals surface area contributed by atoms with E-state index in [1.807, 2.05) is 12.1 Å². The summed E-state index contributed by atoms with van der Waals surface area (Å²) >= 11 is 0. The van der Waals surface area contributed by atoms with Crippen LogP contribution in [0.3, 0.4) is 0 Å². The van der Waals surface area contributed by atoms with E-state index >= 15 is 0 Å². The Kier molecular flexibility index (Phi) is 6.30. The number of hydrogen-bond donors (Lipinski definition) is 1. The van der Waals surface area contributed by atoms with Gasteiger partial charge in [-0.15, -0.1) is 0 Å². The Hall–Kier alpha value is -1.26. The maximum Gasteiger partial charge on any atom is 0.165 e. The Labute approximate surface area is 123 Å². The fourth-order valence-corrected chi connectivity index (χ4v) is 2.54. The third-order valence-electron chi connectivity index (χ3n) is 3.15. The van der Waals surface area contributed by atoms with Gasteiger partial charge in [-0.25, -0.2) is 0 Å². The third kappa shape index (κ3) is 5.02. The molecule has 1 N–H and O–H groups in total. The van der Waals surface area contributed by atoms with Crippen molar-refractivity contribution in [1.29, 1.82) is 0 Å². The van der Waals surface area contributed by atoms with Gasteiger partial charge in [0.1, 0.15) is 0 Å². The van der Waals surface area contributed by atoms with Crippen LogP contribution in [-0.2, 0) is 6.54 Å². The quantitative estimate of drug-likeness (QED) is 0.793. The molecule has 0 saturated heterocycles. The van der Waals surface area contributed by atoms with E-state index in [1.54, 1.807) is 14.2 Å². The van der Waals surface area contributed by atoms with E-state index in [2.05, 4.69) is 44.2 Å². The maximum atomic E-state index is 5.44. The summed E-state index contributed by atoms with van der Waals surface area (Å²) in [5.41, 5.74) is 1.35. The molecule has 20 heavy (non-hydrogen) atoms. The summed E-state index contributed by atoms with van der Waals surface area (Å²) < 4.78 is 10.8. The minimum atomic E-state index is 0.232. The highest BCUT2D eigenvalue weighted by Crippen LogP contribution is 2.30. The van der Waals surface area contributed by atoms with Crippen LogP contribution in [0.1, 0.15) is 19.4 Å². The lowest BCUT2D eigenvalue weighted by molar-refractivity contribution is 0.232. The average molecular weight is 280 g/mol. The summed E-state index contributed by atoms with van der Waals surface area (Å²) in [6.45, 7) is 7.31. The van der Waals surface area contributed by atoms with Crippen LogP contribution in [0.15, 0.2) is 18.2 Å². The second kappa shape index (κ2) is 7.50. The van der Waals surface area contributed by atoms with Crippen LogP contribution in [-0.4, -0.2) is 46.3 Å². The number of benzene rings is 1. The van der Waals surface area contributed by atoms with E-state index in [-0.39, 0.29) is 5.41 Å². The van der Waals surface area contributed by atoms with Gasteiger partial charge in [0.15, 0.2) is 11.5 Å². The number of hydrogen-bond acceptors (Lipinski definition) is 4. The lowest BCUT2D eigenvalue weighted by Crippen LogP contribution is -2.37. The Balaban J connectivity index is 2.62. The van der Waals surface area contributed by atoms with Crippen molar-refractivity contribution in [3.63, 3.8) is 0 Å². The van der Waals surface area contributed by atoms with Crippen molar-refractivity contribution < 1.29 is 9.47 Å². The predicted octanol–water partition coefficient (Wildman–Crippen LogP) is 2.38. The molecule has 0 aliphatic heterocycles. The molecule has 0 aliphatic rings. The van der Waals surface area contributed by atoms with Gasteiger partial charge >= 0.3 is 0 Å². The third-order valence-corrected chi connectivity index (χ3v) is 3.15. The standard InChI is InChI=1S/C16H28N2O2/c1-16(2,12-18(3)4)11-17-10-13-8-7-9-14(19-5)15(13)20-6/h7-9,17H,10-12H2,1-6H3. The first-order chi connectivity index (χ1) is 9.39. The Morgan fingerprint density at radius 3 is 2.40 bits per heavy atom. The minimum Gasteiger partial charge on any atom is -0.493 e. The molecule has 4 nitrogen and oxygen atoms in total. The zero-order valence-corrected chi connectivity index (χ0v) is 13.6. The smallest absolute Gasteiger partial charge is 0.165 e. The van der Waals surface area contributed by atoms with Crippen LogP contribution >= 0.6 is 0 Å². The van der Waals surface area contributed by atoms with Gasteiger partial charge in [-0.3, -0.25) is 0 Å². The fourth-order valence-electron chi connectivity index (χ4n) is 2.54. The lowest BCUT2D eigenvalue weighted by atomic mass is 9.93. The molecule has 0 atom stereocenters. The number of nitrogens with one attached hydrogen (secondary N) is 1. The first-order valence-corrected chi connectivity index (χ1v) is 6.95. The van der Waals surface area contributed by atoms with Gasteiger partial charge in [0.25, 0.3) is 0 Å². The predicted molar refractivity (Wildman–Crippen MR) is 83.6 cm³/mol. The molecule has 0 bridgehead atoms. The van der Waals surface area contributed by atoms with E-state index in [9.17, 15) is 0 Å². The van der Waals surface area contributed by atoms with Crippen LogP contribution in [0.5, 0.6) is 11.5 Å². The maximum absolute atomic E-state index is 5.44. The van der Waals surface area contributed by atoms with Crippen molar-refractivity contribution in [3.05, 3.63) is 23.8 Å². The average Bonchev–Trinajstić information content (AvgIpc) is 2.36. The van der Waals surface area contributed by atoms with Crippen LogP contribution in [0.4, 0.5) is 0 Å². The summed E-state index contributed by atoms with van der Waals surface area (Å²) in [5, 5.41) is 3.51. The number of rotatable bonds is 8. The molecule has 0 aliphatic carbocycles. The molecular formula is C16H28N2O2. The second-order valence-electron chi connectivity index (χ2n) is 6.16. The van der Waals surface area contributed by atoms with Gasteiger partial charge in [-0.1, -0.05) is 26.0 Å². The van der Waals surface area contributed by atoms with Crippen molar-refractivity contribution in [2.75, 3.05) is 41.4 Å². The highest BCUT2D eigenvalue weighted by molar-refractivity contribution is 5.46. The molecular weight excluding hydrogens is 252 g/mol. The van der Waals surface area contributed by atoms with Crippen LogP contribution in [0.2, 0.25) is 0 Å². The topological polar surface area (TPSA) is 33.7 Å². The van der Waals surface area contributed by atoms with Crippen molar-refractivity contribution in [3.8, 4) is 11.5 Å². The molecule has 0 aromatic heterocycles. The summed E-state index contributed by atoms with van der Waals surface area (Å²) in [5.74, 6) is 1.59. The van der Waals surface area contributed by atoms with Gasteiger partial charge < -0.3 is 19.7 Å². The molecule has 0 unspecified atom stereocenters. The zero-order valence-electron chi connectivity index (χ0n) is 13.6. The molecule has 0 amide bonds. The zero-order chi connectivity index (χ0) is 15.2. The Bertz CT molecular complexity index is 417. The molecule has 0 fully saturated rings. The fraction of sp³-hybridized carbons (Fsp3) is 0.625. The largest absolute Gasteiger partial charge is 0.493 e. The van der Waals surface area contributed by atoms with Gasteiger partial charge in [-0.05, 0) is 25.6 Å². The van der Waals surface area contributed by atoms with E-state index in [0.29, 0.717) is 0 Å². The normalized spacial score (nSPS) is 11.8. The first kappa shape index (κ1) is 16.8. The number of nitrogens with zero attached hydrogens (tertiary/aromatic N) is 1. The highest BCUT2D eigenvalue weighted by atomic mass is 16.5. The molecule has 0 spiro atoms. The number of ether oxygens (including phenoxy) is 2. The minimum absolute atomic E-state index is 0.232. The van der Waals surface area contributed by atoms with Crippen molar-refractivity contribution >= 4 is 0 Å². The molecule has 1 rings (SSSR count).